The van der Waals surface area contributed by atoms with E-state index in [9.17, 15) is 14.3 Å². The van der Waals surface area contributed by atoms with Gasteiger partial charge in [-0.2, -0.15) is 0 Å². The second-order valence-electron chi connectivity index (χ2n) is 9.94. The Kier molecular flexibility index (Phi) is 4.79. The summed E-state index contributed by atoms with van der Waals surface area (Å²) in [6, 6.07) is 15.0. The highest BCUT2D eigenvalue weighted by Crippen LogP contribution is 2.36. The van der Waals surface area contributed by atoms with Gasteiger partial charge in [-0.1, -0.05) is 12.1 Å². The van der Waals surface area contributed by atoms with Gasteiger partial charge in [0.1, 0.15) is 5.82 Å². The van der Waals surface area contributed by atoms with Crippen LogP contribution in [0.3, 0.4) is 0 Å². The van der Waals surface area contributed by atoms with Gasteiger partial charge in [0.15, 0.2) is 5.82 Å². The highest BCUT2D eigenvalue weighted by atomic mass is 19.1. The van der Waals surface area contributed by atoms with Crippen LogP contribution in [0, 0.1) is 11.7 Å². The number of aromatic nitrogens is 3. The van der Waals surface area contributed by atoms with Crippen molar-refractivity contribution in [3.63, 3.8) is 0 Å². The van der Waals surface area contributed by atoms with E-state index in [4.69, 9.17) is 0 Å². The lowest BCUT2D eigenvalue weighted by molar-refractivity contribution is -0.141. The number of benzene rings is 2. The van der Waals surface area contributed by atoms with E-state index in [0.717, 1.165) is 59.1 Å². The van der Waals surface area contributed by atoms with Crippen molar-refractivity contribution < 1.29 is 14.3 Å². The van der Waals surface area contributed by atoms with E-state index >= 15 is 0 Å². The van der Waals surface area contributed by atoms with Gasteiger partial charge in [0, 0.05) is 62.6 Å². The SMILES string of the molecule is O=C([C@H]1CN(c2ccc3c(c2)Cn2cc(-c4ccc(F)cc4)cc2-c2nccn2-3)C[C@@H]1O)N1CCC1. The van der Waals surface area contributed by atoms with Gasteiger partial charge >= 0.3 is 0 Å². The Morgan fingerprint density at radius 3 is 2.64 bits per heavy atom. The van der Waals surface area contributed by atoms with Crippen molar-refractivity contribution in [2.24, 2.45) is 5.92 Å². The minimum atomic E-state index is -0.661. The Morgan fingerprint density at radius 2 is 1.86 bits per heavy atom. The number of hydrogen-bond donors (Lipinski definition) is 1. The van der Waals surface area contributed by atoms with Crippen LogP contribution in [-0.4, -0.2) is 62.3 Å². The summed E-state index contributed by atoms with van der Waals surface area (Å²) >= 11 is 0. The molecular formula is C28H26FN5O2. The van der Waals surface area contributed by atoms with Crippen LogP contribution < -0.4 is 4.90 Å². The standard InChI is InChI=1S/C28H26FN5O2/c29-21-4-2-18(3-5-21)19-13-25-27-30-8-11-34(27)24-7-6-22(12-20(24)15-33(25)14-19)32-16-23(26(35)17-32)28(36)31-9-1-10-31/h2-8,11-14,23,26,35H,1,9-10,15-17H2/t23-,26-/m0/s1. The van der Waals surface area contributed by atoms with E-state index in [2.05, 4.69) is 49.5 Å². The number of halogens is 1. The largest absolute Gasteiger partial charge is 0.390 e. The maximum absolute atomic E-state index is 13.5. The molecule has 8 heteroatoms. The van der Waals surface area contributed by atoms with Crippen LogP contribution in [0.15, 0.2) is 67.1 Å². The molecule has 7 nitrogen and oxygen atoms in total. The fourth-order valence-electron chi connectivity index (χ4n) is 5.64. The Labute approximate surface area is 208 Å². The van der Waals surface area contributed by atoms with Gasteiger partial charge in [0.25, 0.3) is 0 Å². The highest BCUT2D eigenvalue weighted by Gasteiger charge is 2.40. The molecule has 0 radical (unpaired) electrons. The average molecular weight is 484 g/mol. The quantitative estimate of drug-likeness (QED) is 0.426. The number of aliphatic hydroxyl groups is 1. The van der Waals surface area contributed by atoms with E-state index in [-0.39, 0.29) is 17.6 Å². The zero-order chi connectivity index (χ0) is 24.4. The monoisotopic (exact) mass is 483 g/mol. The molecule has 0 saturated carbocycles. The second kappa shape index (κ2) is 8.06. The van der Waals surface area contributed by atoms with Crippen LogP contribution in [0.25, 0.3) is 28.3 Å². The third-order valence-electron chi connectivity index (χ3n) is 7.75. The number of imidazole rings is 1. The molecule has 7 rings (SSSR count). The Balaban J connectivity index is 1.23. The number of carbonyl (C=O) groups is 1. The minimum Gasteiger partial charge on any atom is -0.390 e. The lowest BCUT2D eigenvalue weighted by Gasteiger charge is -2.33. The summed E-state index contributed by atoms with van der Waals surface area (Å²) in [6.07, 6.45) is 6.24. The molecule has 2 aromatic heterocycles. The molecule has 3 aliphatic heterocycles. The normalized spacial score (nSPS) is 20.4. The Morgan fingerprint density at radius 1 is 1.03 bits per heavy atom. The fourth-order valence-corrected chi connectivity index (χ4v) is 5.64. The smallest absolute Gasteiger partial charge is 0.230 e. The summed E-state index contributed by atoms with van der Waals surface area (Å²) in [5.74, 6) is 0.294. The van der Waals surface area contributed by atoms with Gasteiger partial charge in [-0.05, 0) is 53.9 Å². The van der Waals surface area contributed by atoms with Crippen molar-refractivity contribution >= 4 is 11.6 Å². The van der Waals surface area contributed by atoms with E-state index in [0.29, 0.717) is 19.6 Å². The molecular weight excluding hydrogens is 457 g/mol. The molecule has 2 aromatic carbocycles. The Bertz CT molecular complexity index is 1470. The molecule has 0 bridgehead atoms. The van der Waals surface area contributed by atoms with Gasteiger partial charge in [-0.15, -0.1) is 0 Å². The Hall–Kier alpha value is -3.91. The third-order valence-corrected chi connectivity index (χ3v) is 7.75. The molecule has 36 heavy (non-hydrogen) atoms. The molecule has 0 aliphatic carbocycles. The van der Waals surface area contributed by atoms with Crippen LogP contribution in [0.1, 0.15) is 12.0 Å². The molecule has 0 unspecified atom stereocenters. The summed E-state index contributed by atoms with van der Waals surface area (Å²) in [5, 5.41) is 10.7. The molecule has 1 N–H and O–H groups in total. The average Bonchev–Trinajstić information content (AvgIpc) is 3.55. The topological polar surface area (TPSA) is 66.5 Å². The lowest BCUT2D eigenvalue weighted by Crippen LogP contribution is -2.47. The maximum Gasteiger partial charge on any atom is 0.230 e. The second-order valence-corrected chi connectivity index (χ2v) is 9.94. The number of fused-ring (bicyclic) bond motifs is 5. The van der Waals surface area contributed by atoms with Crippen LogP contribution in [0.4, 0.5) is 10.1 Å². The number of rotatable bonds is 3. The predicted octanol–water partition coefficient (Wildman–Crippen LogP) is 3.54. The van der Waals surface area contributed by atoms with Crippen molar-refractivity contribution in [1.82, 2.24) is 19.0 Å². The maximum atomic E-state index is 13.5. The van der Waals surface area contributed by atoms with E-state index in [1.54, 1.807) is 18.3 Å². The van der Waals surface area contributed by atoms with Crippen LogP contribution in [0.5, 0.6) is 0 Å². The third kappa shape index (κ3) is 3.36. The molecule has 5 heterocycles. The number of aliphatic hydroxyl groups excluding tert-OH is 1. The van der Waals surface area contributed by atoms with Crippen molar-refractivity contribution in [2.45, 2.75) is 19.1 Å². The molecule has 182 valence electrons. The van der Waals surface area contributed by atoms with Gasteiger partial charge in [0.2, 0.25) is 5.91 Å². The number of amides is 1. The van der Waals surface area contributed by atoms with Gasteiger partial charge in [-0.25, -0.2) is 9.37 Å². The van der Waals surface area contributed by atoms with Crippen molar-refractivity contribution in [1.29, 1.82) is 0 Å². The summed E-state index contributed by atoms with van der Waals surface area (Å²) in [4.78, 5) is 21.4. The van der Waals surface area contributed by atoms with E-state index in [1.165, 1.54) is 12.1 Å². The predicted molar refractivity (Wildman–Crippen MR) is 134 cm³/mol. The zero-order valence-corrected chi connectivity index (χ0v) is 19.7. The van der Waals surface area contributed by atoms with Gasteiger partial charge < -0.3 is 19.5 Å². The first-order chi connectivity index (χ1) is 17.5. The first-order valence-corrected chi connectivity index (χ1v) is 12.4. The lowest BCUT2D eigenvalue weighted by atomic mass is 10.0. The summed E-state index contributed by atoms with van der Waals surface area (Å²) < 4.78 is 17.7. The van der Waals surface area contributed by atoms with Crippen LogP contribution >= 0.6 is 0 Å². The molecule has 1 amide bonds. The molecule has 2 fully saturated rings. The molecule has 3 aliphatic rings. The van der Waals surface area contributed by atoms with Gasteiger partial charge in [0.05, 0.1) is 23.4 Å². The number of β-amino-alcohol motifs (C(OH)–C–C–N with tert-alkyl or cyclic N) is 1. The molecule has 0 spiro atoms. The van der Waals surface area contributed by atoms with Crippen LogP contribution in [-0.2, 0) is 11.3 Å². The number of nitrogens with zero attached hydrogens (tertiary/aromatic N) is 5. The minimum absolute atomic E-state index is 0.0689. The summed E-state index contributed by atoms with van der Waals surface area (Å²) in [7, 11) is 0. The van der Waals surface area contributed by atoms with Crippen LogP contribution in [0.2, 0.25) is 0 Å². The first-order valence-electron chi connectivity index (χ1n) is 12.4. The fraction of sp³-hybridized carbons (Fsp3) is 0.286. The molecule has 2 atom stereocenters. The zero-order valence-electron chi connectivity index (χ0n) is 19.7. The van der Waals surface area contributed by atoms with Gasteiger partial charge in [-0.3, -0.25) is 9.36 Å². The van der Waals surface area contributed by atoms with E-state index < -0.39 is 6.10 Å². The molecule has 4 aromatic rings. The highest BCUT2D eigenvalue weighted by molar-refractivity contribution is 5.82. The number of hydrogen-bond acceptors (Lipinski definition) is 4. The summed E-state index contributed by atoms with van der Waals surface area (Å²) in [5.41, 5.74) is 6.14. The van der Waals surface area contributed by atoms with Crippen molar-refractivity contribution in [3.8, 4) is 28.3 Å². The first kappa shape index (κ1) is 21.4. The van der Waals surface area contributed by atoms with Crippen molar-refractivity contribution in [3.05, 3.63) is 78.5 Å². The number of likely N-dealkylation sites (tertiary alicyclic amines) is 1. The number of carbonyl (C=O) groups excluding carboxylic acids is 1. The summed E-state index contributed by atoms with van der Waals surface area (Å²) in [6.45, 7) is 3.22. The van der Waals surface area contributed by atoms with Crippen molar-refractivity contribution in [2.75, 3.05) is 31.1 Å². The van der Waals surface area contributed by atoms with E-state index in [1.807, 2.05) is 11.1 Å². The molecule has 2 saturated heterocycles. The number of anilines is 1.